The molecular weight excluding hydrogens is 241 g/mol. The van der Waals surface area contributed by atoms with Crippen LogP contribution in [-0.2, 0) is 6.54 Å². The number of anilines is 2. The van der Waals surface area contributed by atoms with E-state index in [2.05, 4.69) is 10.3 Å². The lowest BCUT2D eigenvalue weighted by atomic mass is 10.1. The summed E-state index contributed by atoms with van der Waals surface area (Å²) in [5.74, 6) is -0.212. The lowest BCUT2D eigenvalue weighted by molar-refractivity contribution is 0.625. The summed E-state index contributed by atoms with van der Waals surface area (Å²) >= 11 is 0. The molecule has 0 aliphatic heterocycles. The highest BCUT2D eigenvalue weighted by molar-refractivity contribution is 5.66. The van der Waals surface area contributed by atoms with Crippen LogP contribution in [0.25, 0.3) is 0 Å². The molecular formula is C15H18FN3. The van der Waals surface area contributed by atoms with Gasteiger partial charge in [0.05, 0.1) is 5.69 Å². The number of benzene rings is 1. The molecule has 0 saturated heterocycles. The molecule has 1 aromatic heterocycles. The lowest BCUT2D eigenvalue weighted by Crippen LogP contribution is -2.20. The molecule has 0 bridgehead atoms. The molecule has 2 rings (SSSR count). The Hall–Kier alpha value is -1.94. The van der Waals surface area contributed by atoms with E-state index >= 15 is 0 Å². The van der Waals surface area contributed by atoms with Gasteiger partial charge in [-0.05, 0) is 32.2 Å². The summed E-state index contributed by atoms with van der Waals surface area (Å²) in [6.07, 6.45) is 3.55. The van der Waals surface area contributed by atoms with E-state index in [0.717, 1.165) is 11.3 Å². The Labute approximate surface area is 113 Å². The van der Waals surface area contributed by atoms with Gasteiger partial charge < -0.3 is 10.2 Å². The van der Waals surface area contributed by atoms with Gasteiger partial charge in [-0.2, -0.15) is 0 Å². The maximum atomic E-state index is 14.0. The molecule has 0 aliphatic rings. The molecule has 2 aromatic rings. The second kappa shape index (κ2) is 6.29. The second-order valence-corrected chi connectivity index (χ2v) is 4.23. The second-order valence-electron chi connectivity index (χ2n) is 4.23. The molecule has 1 heterocycles. The highest BCUT2D eigenvalue weighted by Crippen LogP contribution is 2.29. The van der Waals surface area contributed by atoms with Gasteiger partial charge in [0.15, 0.2) is 0 Å². The Morgan fingerprint density at radius 3 is 2.68 bits per heavy atom. The first kappa shape index (κ1) is 13.5. The van der Waals surface area contributed by atoms with Crippen LogP contribution in [0.3, 0.4) is 0 Å². The molecule has 100 valence electrons. The summed E-state index contributed by atoms with van der Waals surface area (Å²) in [5.41, 5.74) is 2.63. The quantitative estimate of drug-likeness (QED) is 0.894. The largest absolute Gasteiger partial charge is 0.339 e. The number of rotatable bonds is 5. The van der Waals surface area contributed by atoms with E-state index in [9.17, 15) is 4.39 Å². The van der Waals surface area contributed by atoms with Crippen molar-refractivity contribution in [2.45, 2.75) is 13.5 Å². The number of halogens is 1. The zero-order chi connectivity index (χ0) is 13.7. The molecule has 19 heavy (non-hydrogen) atoms. The van der Waals surface area contributed by atoms with Crippen LogP contribution in [0, 0.1) is 5.82 Å². The van der Waals surface area contributed by atoms with Crippen LogP contribution >= 0.6 is 0 Å². The van der Waals surface area contributed by atoms with Gasteiger partial charge in [-0.3, -0.25) is 4.98 Å². The normalized spacial score (nSPS) is 10.5. The number of para-hydroxylation sites is 1. The van der Waals surface area contributed by atoms with Crippen LogP contribution in [0.5, 0.6) is 0 Å². The highest BCUT2D eigenvalue weighted by atomic mass is 19.1. The van der Waals surface area contributed by atoms with Crippen molar-refractivity contribution in [1.29, 1.82) is 0 Å². The topological polar surface area (TPSA) is 28.2 Å². The smallest absolute Gasteiger partial charge is 0.146 e. The molecule has 0 aliphatic carbocycles. The average Bonchev–Trinajstić information content (AvgIpc) is 2.44. The summed E-state index contributed by atoms with van der Waals surface area (Å²) < 4.78 is 14.0. The van der Waals surface area contributed by atoms with Crippen LogP contribution < -0.4 is 10.2 Å². The molecule has 0 unspecified atom stereocenters. The summed E-state index contributed by atoms with van der Waals surface area (Å²) in [7, 11) is 1.89. The number of nitrogens with zero attached hydrogens (tertiary/aromatic N) is 2. The SMILES string of the molecule is CCN(c1ccccc1F)c1ccncc1CNC. The molecule has 1 aromatic carbocycles. The van der Waals surface area contributed by atoms with Gasteiger partial charge in [0.1, 0.15) is 5.82 Å². The fourth-order valence-corrected chi connectivity index (χ4v) is 2.15. The minimum Gasteiger partial charge on any atom is -0.339 e. The van der Waals surface area contributed by atoms with Crippen molar-refractivity contribution in [2.24, 2.45) is 0 Å². The Bertz CT molecular complexity index is 542. The van der Waals surface area contributed by atoms with Crippen LogP contribution in [-0.4, -0.2) is 18.6 Å². The van der Waals surface area contributed by atoms with E-state index < -0.39 is 0 Å². The first-order chi connectivity index (χ1) is 9.27. The number of hydrogen-bond donors (Lipinski definition) is 1. The van der Waals surface area contributed by atoms with Crippen LogP contribution in [0.15, 0.2) is 42.7 Å². The summed E-state index contributed by atoms with van der Waals surface area (Å²) in [5, 5.41) is 3.11. The summed E-state index contributed by atoms with van der Waals surface area (Å²) in [6.45, 7) is 3.41. The Morgan fingerprint density at radius 1 is 1.21 bits per heavy atom. The van der Waals surface area contributed by atoms with Gasteiger partial charge in [-0.25, -0.2) is 4.39 Å². The highest BCUT2D eigenvalue weighted by Gasteiger charge is 2.14. The first-order valence-electron chi connectivity index (χ1n) is 6.37. The number of nitrogens with one attached hydrogen (secondary N) is 1. The zero-order valence-electron chi connectivity index (χ0n) is 11.2. The van der Waals surface area contributed by atoms with Crippen molar-refractivity contribution in [2.75, 3.05) is 18.5 Å². The number of pyridine rings is 1. The third kappa shape index (κ3) is 2.90. The van der Waals surface area contributed by atoms with Crippen LogP contribution in [0.2, 0.25) is 0 Å². The van der Waals surface area contributed by atoms with E-state index in [0.29, 0.717) is 18.8 Å². The lowest BCUT2D eigenvalue weighted by Gasteiger charge is -2.26. The Morgan fingerprint density at radius 2 is 2.00 bits per heavy atom. The fourth-order valence-electron chi connectivity index (χ4n) is 2.15. The number of aromatic nitrogens is 1. The van der Waals surface area contributed by atoms with E-state index in [4.69, 9.17) is 0 Å². The monoisotopic (exact) mass is 259 g/mol. The third-order valence-electron chi connectivity index (χ3n) is 3.00. The molecule has 0 spiro atoms. The molecule has 0 atom stereocenters. The van der Waals surface area contributed by atoms with E-state index in [1.807, 2.05) is 37.2 Å². The molecule has 1 N–H and O–H groups in total. The zero-order valence-corrected chi connectivity index (χ0v) is 11.2. The maximum Gasteiger partial charge on any atom is 0.146 e. The molecule has 0 amide bonds. The van der Waals surface area contributed by atoms with Crippen molar-refractivity contribution in [3.05, 3.63) is 54.1 Å². The minimum atomic E-state index is -0.212. The summed E-state index contributed by atoms with van der Waals surface area (Å²) in [6, 6.07) is 8.75. The first-order valence-corrected chi connectivity index (χ1v) is 6.37. The minimum absolute atomic E-state index is 0.212. The van der Waals surface area contributed by atoms with Gasteiger partial charge in [-0.1, -0.05) is 12.1 Å². The van der Waals surface area contributed by atoms with E-state index in [1.165, 1.54) is 6.07 Å². The third-order valence-corrected chi connectivity index (χ3v) is 3.00. The van der Waals surface area contributed by atoms with Gasteiger partial charge in [0.25, 0.3) is 0 Å². The van der Waals surface area contributed by atoms with Crippen molar-refractivity contribution < 1.29 is 4.39 Å². The fraction of sp³-hybridized carbons (Fsp3) is 0.267. The van der Waals surface area contributed by atoms with Gasteiger partial charge in [-0.15, -0.1) is 0 Å². The molecule has 0 fully saturated rings. The summed E-state index contributed by atoms with van der Waals surface area (Å²) in [4.78, 5) is 6.10. The van der Waals surface area contributed by atoms with Gasteiger partial charge >= 0.3 is 0 Å². The van der Waals surface area contributed by atoms with Crippen molar-refractivity contribution in [1.82, 2.24) is 10.3 Å². The molecule has 0 saturated carbocycles. The molecule has 4 heteroatoms. The predicted octanol–water partition coefficient (Wildman–Crippen LogP) is 3.10. The standard InChI is InChI=1S/C15H18FN3/c1-3-19(15-7-5-4-6-13(15)16)14-8-9-18-11-12(14)10-17-2/h4-9,11,17H,3,10H2,1-2H3. The van der Waals surface area contributed by atoms with E-state index in [-0.39, 0.29) is 5.82 Å². The number of hydrogen-bond acceptors (Lipinski definition) is 3. The average molecular weight is 259 g/mol. The van der Waals surface area contributed by atoms with Gasteiger partial charge in [0.2, 0.25) is 0 Å². The van der Waals surface area contributed by atoms with Gasteiger partial charge in [0, 0.05) is 36.7 Å². The molecule has 0 radical (unpaired) electrons. The maximum absolute atomic E-state index is 14.0. The van der Waals surface area contributed by atoms with Crippen molar-refractivity contribution in [3.8, 4) is 0 Å². The van der Waals surface area contributed by atoms with Crippen LogP contribution in [0.4, 0.5) is 15.8 Å². The van der Waals surface area contributed by atoms with Crippen molar-refractivity contribution in [3.63, 3.8) is 0 Å². The Balaban J connectivity index is 2.45. The molecule has 3 nitrogen and oxygen atoms in total. The van der Waals surface area contributed by atoms with Crippen LogP contribution in [0.1, 0.15) is 12.5 Å². The van der Waals surface area contributed by atoms with E-state index in [1.54, 1.807) is 18.3 Å². The van der Waals surface area contributed by atoms with Crippen molar-refractivity contribution >= 4 is 11.4 Å². The predicted molar refractivity (Wildman–Crippen MR) is 76.1 cm³/mol. The Kier molecular flexibility index (Phi) is 4.47.